The van der Waals surface area contributed by atoms with E-state index < -0.39 is 0 Å². The van der Waals surface area contributed by atoms with E-state index in [2.05, 4.69) is 20.5 Å². The van der Waals surface area contributed by atoms with Crippen LogP contribution in [0.5, 0.6) is 5.75 Å². The first-order valence-electron chi connectivity index (χ1n) is 8.77. The molecule has 0 aliphatic heterocycles. The van der Waals surface area contributed by atoms with Crippen LogP contribution in [0.15, 0.2) is 70.4 Å². The number of carbonyl (C=O) groups is 1. The topological polar surface area (TPSA) is 93.0 Å². The van der Waals surface area contributed by atoms with E-state index >= 15 is 0 Å². The number of fused-ring (bicyclic) bond motifs is 1. The largest absolute Gasteiger partial charge is 0.492 e. The lowest BCUT2D eigenvalue weighted by Crippen LogP contribution is -2.29. The van der Waals surface area contributed by atoms with Crippen molar-refractivity contribution in [2.45, 2.75) is 5.22 Å². The molecule has 0 fully saturated rings. The highest BCUT2D eigenvalue weighted by atomic mass is 32.2. The fraction of sp³-hybridized carbons (Fsp3) is 0.150. The first-order chi connectivity index (χ1) is 13.8. The van der Waals surface area contributed by atoms with Crippen molar-refractivity contribution in [3.05, 3.63) is 60.8 Å². The molecule has 2 aromatic carbocycles. The van der Waals surface area contributed by atoms with Crippen molar-refractivity contribution in [2.75, 3.05) is 18.9 Å². The number of nitrogens with one attached hydrogen (secondary N) is 2. The highest BCUT2D eigenvalue weighted by molar-refractivity contribution is 7.99. The third-order valence-electron chi connectivity index (χ3n) is 3.99. The first kappa shape index (κ1) is 18.1. The number of rotatable bonds is 8. The van der Waals surface area contributed by atoms with Gasteiger partial charge >= 0.3 is 0 Å². The summed E-state index contributed by atoms with van der Waals surface area (Å²) in [6.45, 7) is 0.838. The van der Waals surface area contributed by atoms with Gasteiger partial charge in [-0.05, 0) is 18.2 Å². The molecule has 4 rings (SSSR count). The number of H-pyrrole nitrogens is 1. The summed E-state index contributed by atoms with van der Waals surface area (Å²) in [4.78, 5) is 15.1. The van der Waals surface area contributed by atoms with Crippen molar-refractivity contribution >= 4 is 28.6 Å². The zero-order valence-electron chi connectivity index (χ0n) is 14.9. The summed E-state index contributed by atoms with van der Waals surface area (Å²) in [6.07, 6.45) is 1.84. The Balaban J connectivity index is 1.25. The predicted octanol–water partition coefficient (Wildman–Crippen LogP) is 3.51. The van der Waals surface area contributed by atoms with Crippen LogP contribution in [0.1, 0.15) is 0 Å². The Morgan fingerprint density at radius 3 is 2.82 bits per heavy atom. The Hall–Kier alpha value is -3.26. The number of aromatic amines is 1. The van der Waals surface area contributed by atoms with Crippen molar-refractivity contribution in [1.29, 1.82) is 0 Å². The molecule has 2 aromatic heterocycles. The number of amides is 1. The molecule has 0 saturated heterocycles. The van der Waals surface area contributed by atoms with Crippen molar-refractivity contribution < 1.29 is 13.9 Å². The van der Waals surface area contributed by atoms with E-state index in [-0.39, 0.29) is 11.7 Å². The van der Waals surface area contributed by atoms with Gasteiger partial charge in [0.2, 0.25) is 5.91 Å². The lowest BCUT2D eigenvalue weighted by atomic mass is 10.2. The van der Waals surface area contributed by atoms with Crippen LogP contribution in [0.2, 0.25) is 0 Å². The molecule has 4 aromatic rings. The van der Waals surface area contributed by atoms with Crippen molar-refractivity contribution in [3.8, 4) is 17.2 Å². The second-order valence-corrected chi connectivity index (χ2v) is 6.85. The standard InChI is InChI=1S/C20H18N4O3S/c25-18(21-10-11-26-14-6-2-1-3-7-14)13-28-20-24-23-19(27-20)16-12-22-17-9-5-4-8-15(16)17/h1-9,12,22H,10-11,13H2,(H,21,25). The van der Waals surface area contributed by atoms with Gasteiger partial charge < -0.3 is 19.5 Å². The Morgan fingerprint density at radius 1 is 1.11 bits per heavy atom. The van der Waals surface area contributed by atoms with Gasteiger partial charge in [0.05, 0.1) is 17.9 Å². The summed E-state index contributed by atoms with van der Waals surface area (Å²) < 4.78 is 11.2. The highest BCUT2D eigenvalue weighted by Gasteiger charge is 2.14. The number of nitrogens with zero attached hydrogens (tertiary/aromatic N) is 2. The smallest absolute Gasteiger partial charge is 0.277 e. The minimum absolute atomic E-state index is 0.117. The molecule has 1 amide bonds. The van der Waals surface area contributed by atoms with Gasteiger partial charge in [0, 0.05) is 17.1 Å². The summed E-state index contributed by atoms with van der Waals surface area (Å²) in [5.41, 5.74) is 1.85. The monoisotopic (exact) mass is 394 g/mol. The molecule has 2 N–H and O–H groups in total. The quantitative estimate of drug-likeness (QED) is 0.351. The van der Waals surface area contributed by atoms with Crippen molar-refractivity contribution in [3.63, 3.8) is 0 Å². The van der Waals surface area contributed by atoms with Crippen LogP contribution < -0.4 is 10.1 Å². The van der Waals surface area contributed by atoms with E-state index in [1.807, 2.05) is 60.8 Å². The van der Waals surface area contributed by atoms with Gasteiger partial charge in [-0.1, -0.05) is 48.2 Å². The molecule has 2 heterocycles. The number of thioether (sulfide) groups is 1. The summed E-state index contributed by atoms with van der Waals surface area (Å²) in [6, 6.07) is 17.4. The maximum atomic E-state index is 12.0. The van der Waals surface area contributed by atoms with Gasteiger partial charge in [-0.25, -0.2) is 0 Å². The van der Waals surface area contributed by atoms with Gasteiger partial charge in [-0.2, -0.15) is 0 Å². The summed E-state index contributed by atoms with van der Waals surface area (Å²) >= 11 is 1.20. The molecule has 0 aliphatic carbocycles. The first-order valence-corrected chi connectivity index (χ1v) is 9.75. The molecule has 0 saturated carbocycles. The fourth-order valence-corrected chi connectivity index (χ4v) is 3.27. The molecule has 7 nitrogen and oxygen atoms in total. The molecular weight excluding hydrogens is 376 g/mol. The van der Waals surface area contributed by atoms with Crippen molar-refractivity contribution in [2.24, 2.45) is 0 Å². The number of hydrogen-bond acceptors (Lipinski definition) is 6. The van der Waals surface area contributed by atoms with Crippen LogP contribution in [0, 0.1) is 0 Å². The number of hydrogen-bond donors (Lipinski definition) is 2. The normalized spacial score (nSPS) is 10.9. The van der Waals surface area contributed by atoms with Crippen molar-refractivity contribution in [1.82, 2.24) is 20.5 Å². The van der Waals surface area contributed by atoms with E-state index in [1.54, 1.807) is 0 Å². The number of benzene rings is 2. The SMILES string of the molecule is O=C(CSc1nnc(-c2c[nH]c3ccccc23)o1)NCCOc1ccccc1. The summed E-state index contributed by atoms with van der Waals surface area (Å²) in [5.74, 6) is 1.29. The minimum Gasteiger partial charge on any atom is -0.492 e. The van der Waals surface area contributed by atoms with Gasteiger partial charge in [-0.3, -0.25) is 4.79 Å². The Kier molecular flexibility index (Phi) is 5.58. The van der Waals surface area contributed by atoms with E-state index in [0.717, 1.165) is 22.2 Å². The van der Waals surface area contributed by atoms with E-state index in [0.29, 0.717) is 24.3 Å². The number of aromatic nitrogens is 3. The Morgan fingerprint density at radius 2 is 1.93 bits per heavy atom. The molecule has 0 bridgehead atoms. The zero-order chi connectivity index (χ0) is 19.2. The van der Waals surface area contributed by atoms with Gasteiger partial charge in [-0.15, -0.1) is 10.2 Å². The maximum Gasteiger partial charge on any atom is 0.277 e. The molecule has 8 heteroatoms. The molecule has 0 spiro atoms. The lowest BCUT2D eigenvalue weighted by Gasteiger charge is -2.06. The summed E-state index contributed by atoms with van der Waals surface area (Å²) in [7, 11) is 0. The predicted molar refractivity (Wildman–Crippen MR) is 107 cm³/mol. The third kappa shape index (κ3) is 4.34. The molecule has 0 unspecified atom stereocenters. The van der Waals surface area contributed by atoms with Crippen LogP contribution >= 0.6 is 11.8 Å². The summed E-state index contributed by atoms with van der Waals surface area (Å²) in [5, 5.41) is 12.3. The molecule has 0 aliphatic rings. The fourth-order valence-electron chi connectivity index (χ4n) is 2.68. The lowest BCUT2D eigenvalue weighted by molar-refractivity contribution is -0.118. The second-order valence-electron chi connectivity index (χ2n) is 5.92. The number of ether oxygens (including phenoxy) is 1. The van der Waals surface area contributed by atoms with E-state index in [1.165, 1.54) is 11.8 Å². The van der Waals surface area contributed by atoms with Crippen LogP contribution in [-0.4, -0.2) is 40.0 Å². The van der Waals surface area contributed by atoms with Crippen LogP contribution in [0.3, 0.4) is 0 Å². The second kappa shape index (κ2) is 8.62. The van der Waals surface area contributed by atoms with Crippen LogP contribution in [0.4, 0.5) is 0 Å². The molecule has 0 radical (unpaired) electrons. The van der Waals surface area contributed by atoms with Gasteiger partial charge in [0.15, 0.2) is 0 Å². The zero-order valence-corrected chi connectivity index (χ0v) is 15.7. The Bertz CT molecular complexity index is 1060. The van der Waals surface area contributed by atoms with E-state index in [4.69, 9.17) is 9.15 Å². The molecule has 142 valence electrons. The third-order valence-corrected chi connectivity index (χ3v) is 4.81. The van der Waals surface area contributed by atoms with Crippen LogP contribution in [0.25, 0.3) is 22.4 Å². The Labute approximate surface area is 165 Å². The number of para-hydroxylation sites is 2. The molecule has 28 heavy (non-hydrogen) atoms. The maximum absolute atomic E-state index is 12.0. The van der Waals surface area contributed by atoms with Crippen LogP contribution in [-0.2, 0) is 4.79 Å². The van der Waals surface area contributed by atoms with Gasteiger partial charge in [0.1, 0.15) is 12.4 Å². The highest BCUT2D eigenvalue weighted by Crippen LogP contribution is 2.29. The average molecular weight is 394 g/mol. The molecule has 0 atom stereocenters. The average Bonchev–Trinajstić information content (AvgIpc) is 3.37. The molecular formula is C20H18N4O3S. The van der Waals surface area contributed by atoms with Gasteiger partial charge in [0.25, 0.3) is 11.1 Å². The number of carbonyl (C=O) groups excluding carboxylic acids is 1. The minimum atomic E-state index is -0.117. The van der Waals surface area contributed by atoms with E-state index in [9.17, 15) is 4.79 Å².